The molecule has 4 rings (SSSR count). The predicted octanol–water partition coefficient (Wildman–Crippen LogP) is 6.27. The zero-order valence-corrected chi connectivity index (χ0v) is 21.0. The molecule has 0 radical (unpaired) electrons. The summed E-state index contributed by atoms with van der Waals surface area (Å²) in [5.41, 5.74) is 1.45. The highest BCUT2D eigenvalue weighted by atomic mass is 35.5. The van der Waals surface area contributed by atoms with Crippen LogP contribution in [0.5, 0.6) is 11.5 Å². The van der Waals surface area contributed by atoms with Crippen LogP contribution in [0.2, 0.25) is 10.0 Å². The lowest BCUT2D eigenvalue weighted by atomic mass is 10.1. The molecule has 1 aliphatic rings. The maximum atomic E-state index is 11.8. The third kappa shape index (κ3) is 5.90. The first-order valence-electron chi connectivity index (χ1n) is 11.1. The summed E-state index contributed by atoms with van der Waals surface area (Å²) in [5.74, 6) is 1.73. The van der Waals surface area contributed by atoms with Gasteiger partial charge in [0.15, 0.2) is 11.5 Å². The summed E-state index contributed by atoms with van der Waals surface area (Å²) >= 11 is 12.2. The Balaban J connectivity index is 0.00000158. The van der Waals surface area contributed by atoms with Gasteiger partial charge in [0.1, 0.15) is 18.2 Å². The SMILES string of the molecule is C=CC(=O)N1CCC(Oc2cc3c(Nc4ccc(Cl)c(Cl)c4)ncnc3cc2OC)CC1.CC. The predicted molar refractivity (Wildman–Crippen MR) is 138 cm³/mol. The fourth-order valence-corrected chi connectivity index (χ4v) is 3.93. The smallest absolute Gasteiger partial charge is 0.245 e. The summed E-state index contributed by atoms with van der Waals surface area (Å²) in [5, 5.41) is 4.96. The lowest BCUT2D eigenvalue weighted by molar-refractivity contribution is -0.127. The van der Waals surface area contributed by atoms with E-state index in [1.807, 2.05) is 32.0 Å². The molecule has 0 saturated carbocycles. The lowest BCUT2D eigenvalue weighted by Gasteiger charge is -2.31. The minimum absolute atomic E-state index is 0.0358. The fraction of sp³-hybridized carbons (Fsp3) is 0.320. The molecular formula is C25H28Cl2N4O3. The van der Waals surface area contributed by atoms with Gasteiger partial charge < -0.3 is 19.7 Å². The summed E-state index contributed by atoms with van der Waals surface area (Å²) in [6, 6.07) is 8.97. The van der Waals surface area contributed by atoms with Gasteiger partial charge in [-0.15, -0.1) is 0 Å². The van der Waals surface area contributed by atoms with Crippen molar-refractivity contribution in [2.75, 3.05) is 25.5 Å². The number of nitrogens with one attached hydrogen (secondary N) is 1. The maximum Gasteiger partial charge on any atom is 0.245 e. The monoisotopic (exact) mass is 502 g/mol. The van der Waals surface area contributed by atoms with Crippen molar-refractivity contribution in [2.24, 2.45) is 0 Å². The van der Waals surface area contributed by atoms with E-state index >= 15 is 0 Å². The largest absolute Gasteiger partial charge is 0.493 e. The van der Waals surface area contributed by atoms with Crippen molar-refractivity contribution in [3.05, 3.63) is 59.4 Å². The Labute approximate surface area is 209 Å². The number of hydrogen-bond donors (Lipinski definition) is 1. The van der Waals surface area contributed by atoms with Gasteiger partial charge >= 0.3 is 0 Å². The van der Waals surface area contributed by atoms with Crippen molar-refractivity contribution < 1.29 is 14.3 Å². The zero-order valence-electron chi connectivity index (χ0n) is 19.5. The first-order chi connectivity index (χ1) is 16.5. The fourth-order valence-electron chi connectivity index (χ4n) is 3.63. The number of likely N-dealkylation sites (tertiary alicyclic amines) is 1. The number of amides is 1. The van der Waals surface area contributed by atoms with Crippen molar-refractivity contribution in [3.8, 4) is 11.5 Å². The Hall–Kier alpha value is -3.03. The van der Waals surface area contributed by atoms with E-state index in [-0.39, 0.29) is 12.0 Å². The highest BCUT2D eigenvalue weighted by Gasteiger charge is 2.24. The van der Waals surface area contributed by atoms with Gasteiger partial charge in [-0.2, -0.15) is 0 Å². The van der Waals surface area contributed by atoms with Crippen LogP contribution in [-0.4, -0.2) is 47.1 Å². The number of piperidine rings is 1. The van der Waals surface area contributed by atoms with Crippen molar-refractivity contribution in [3.63, 3.8) is 0 Å². The summed E-state index contributed by atoms with van der Waals surface area (Å²) in [6.07, 6.45) is 4.23. The van der Waals surface area contributed by atoms with Gasteiger partial charge in [-0.3, -0.25) is 4.79 Å². The second-order valence-corrected chi connectivity index (χ2v) is 8.16. The number of nitrogens with zero attached hydrogens (tertiary/aromatic N) is 3. The molecule has 0 aliphatic carbocycles. The first-order valence-corrected chi connectivity index (χ1v) is 11.9. The molecule has 3 aromatic rings. The number of carbonyl (C=O) groups is 1. The molecule has 1 saturated heterocycles. The topological polar surface area (TPSA) is 76.6 Å². The van der Waals surface area contributed by atoms with Gasteiger partial charge in [0.25, 0.3) is 0 Å². The van der Waals surface area contributed by atoms with Gasteiger partial charge in [0.2, 0.25) is 5.91 Å². The van der Waals surface area contributed by atoms with Crippen LogP contribution in [0, 0.1) is 0 Å². The van der Waals surface area contributed by atoms with Crippen LogP contribution in [0.25, 0.3) is 10.9 Å². The third-order valence-corrected chi connectivity index (χ3v) is 6.06. The summed E-state index contributed by atoms with van der Waals surface area (Å²) in [7, 11) is 1.59. The van der Waals surface area contributed by atoms with Crippen molar-refractivity contribution in [1.29, 1.82) is 0 Å². The van der Waals surface area contributed by atoms with E-state index in [0.29, 0.717) is 46.0 Å². The second kappa shape index (κ2) is 11.9. The van der Waals surface area contributed by atoms with Crippen LogP contribution in [-0.2, 0) is 4.79 Å². The quantitative estimate of drug-likeness (QED) is 0.400. The maximum absolute atomic E-state index is 11.8. The lowest BCUT2D eigenvalue weighted by Crippen LogP contribution is -2.41. The molecule has 34 heavy (non-hydrogen) atoms. The van der Waals surface area contributed by atoms with E-state index in [1.165, 1.54) is 12.4 Å². The van der Waals surface area contributed by atoms with Gasteiger partial charge in [0.05, 0.1) is 22.7 Å². The van der Waals surface area contributed by atoms with Gasteiger partial charge in [-0.25, -0.2) is 9.97 Å². The van der Waals surface area contributed by atoms with Gasteiger partial charge in [-0.05, 0) is 30.3 Å². The summed E-state index contributed by atoms with van der Waals surface area (Å²) in [6.45, 7) is 8.80. The van der Waals surface area contributed by atoms with Crippen molar-refractivity contribution >= 4 is 51.5 Å². The highest BCUT2D eigenvalue weighted by Crippen LogP contribution is 2.36. The molecule has 1 fully saturated rings. The normalized spacial score (nSPS) is 13.6. The van der Waals surface area contributed by atoms with E-state index in [0.717, 1.165) is 23.9 Å². The molecule has 0 unspecified atom stereocenters. The first kappa shape index (κ1) is 25.6. The number of benzene rings is 2. The molecule has 1 aliphatic heterocycles. The Kier molecular flexibility index (Phi) is 8.96. The standard InChI is InChI=1S/C23H22Cl2N4O3.C2H6/c1-3-22(30)29-8-6-15(7-9-29)32-21-11-16-19(12-20(21)31-2)26-13-27-23(16)28-14-4-5-17(24)18(25)10-14;1-2/h3-5,10-13,15H,1,6-9H2,2H3,(H,26,27,28);1-2H3. The molecule has 7 nitrogen and oxygen atoms in total. The molecule has 0 spiro atoms. The number of rotatable bonds is 6. The van der Waals surface area contributed by atoms with E-state index in [9.17, 15) is 4.79 Å². The molecule has 1 aromatic heterocycles. The number of carbonyl (C=O) groups excluding carboxylic acids is 1. The zero-order chi connectivity index (χ0) is 24.7. The minimum Gasteiger partial charge on any atom is -0.493 e. The molecule has 0 bridgehead atoms. The number of halogens is 2. The van der Waals surface area contributed by atoms with Crippen LogP contribution in [0.15, 0.2) is 49.3 Å². The molecule has 1 amide bonds. The van der Waals surface area contributed by atoms with Crippen LogP contribution >= 0.6 is 23.2 Å². The van der Waals surface area contributed by atoms with Crippen LogP contribution < -0.4 is 14.8 Å². The second-order valence-electron chi connectivity index (χ2n) is 7.34. The number of fused-ring (bicyclic) bond motifs is 1. The Bertz CT molecular complexity index is 1160. The molecule has 2 aromatic carbocycles. The average molecular weight is 503 g/mol. The molecule has 2 heterocycles. The molecule has 1 N–H and O–H groups in total. The Morgan fingerprint density at radius 3 is 2.50 bits per heavy atom. The third-order valence-electron chi connectivity index (χ3n) is 5.32. The highest BCUT2D eigenvalue weighted by molar-refractivity contribution is 6.42. The summed E-state index contributed by atoms with van der Waals surface area (Å²) < 4.78 is 11.8. The number of hydrogen-bond acceptors (Lipinski definition) is 6. The van der Waals surface area contributed by atoms with Crippen LogP contribution in [0.3, 0.4) is 0 Å². The number of ether oxygens (including phenoxy) is 2. The van der Waals surface area contributed by atoms with E-state index in [1.54, 1.807) is 24.1 Å². The molecule has 9 heteroatoms. The molecule has 0 atom stereocenters. The van der Waals surface area contributed by atoms with E-state index in [2.05, 4.69) is 21.9 Å². The van der Waals surface area contributed by atoms with Crippen LogP contribution in [0.4, 0.5) is 11.5 Å². The minimum atomic E-state index is -0.0538. The van der Waals surface area contributed by atoms with Crippen LogP contribution in [0.1, 0.15) is 26.7 Å². The molecular weight excluding hydrogens is 475 g/mol. The summed E-state index contributed by atoms with van der Waals surface area (Å²) in [4.78, 5) is 22.3. The Morgan fingerprint density at radius 2 is 1.85 bits per heavy atom. The van der Waals surface area contributed by atoms with Crippen molar-refractivity contribution in [1.82, 2.24) is 14.9 Å². The number of anilines is 2. The Morgan fingerprint density at radius 1 is 1.12 bits per heavy atom. The number of aromatic nitrogens is 2. The van der Waals surface area contributed by atoms with Gasteiger partial charge in [0, 0.05) is 43.1 Å². The van der Waals surface area contributed by atoms with E-state index in [4.69, 9.17) is 32.7 Å². The molecule has 180 valence electrons. The van der Waals surface area contributed by atoms with E-state index < -0.39 is 0 Å². The van der Waals surface area contributed by atoms with Gasteiger partial charge in [-0.1, -0.05) is 43.6 Å². The average Bonchev–Trinajstić information content (AvgIpc) is 2.87. The van der Waals surface area contributed by atoms with Crippen molar-refractivity contribution in [2.45, 2.75) is 32.8 Å². The number of methoxy groups -OCH3 is 1.